The highest BCUT2D eigenvalue weighted by Gasteiger charge is 2.31. The highest BCUT2D eigenvalue weighted by Crippen LogP contribution is 2.32. The van der Waals surface area contributed by atoms with Gasteiger partial charge in [0.1, 0.15) is 12.1 Å². The van der Waals surface area contributed by atoms with Crippen molar-refractivity contribution in [1.29, 1.82) is 0 Å². The van der Waals surface area contributed by atoms with Crippen molar-refractivity contribution in [2.24, 2.45) is 10.9 Å². The van der Waals surface area contributed by atoms with Crippen LogP contribution in [-0.4, -0.2) is 51.2 Å². The molecule has 8 nitrogen and oxygen atoms in total. The molecule has 44 heavy (non-hydrogen) atoms. The van der Waals surface area contributed by atoms with Gasteiger partial charge in [0.05, 0.1) is 5.69 Å². The molecule has 0 aliphatic carbocycles. The van der Waals surface area contributed by atoms with Crippen LogP contribution in [0.15, 0.2) is 72.0 Å². The molecular weight excluding hydrogens is 589 g/mol. The molecule has 2 amide bonds. The lowest BCUT2D eigenvalue weighted by atomic mass is 10.00. The van der Waals surface area contributed by atoms with E-state index in [4.69, 9.17) is 0 Å². The van der Waals surface area contributed by atoms with Crippen molar-refractivity contribution in [1.82, 2.24) is 20.1 Å². The fourth-order valence-electron chi connectivity index (χ4n) is 5.27. The van der Waals surface area contributed by atoms with Crippen molar-refractivity contribution in [2.45, 2.75) is 40.5 Å². The summed E-state index contributed by atoms with van der Waals surface area (Å²) in [6.07, 6.45) is -2.48. The van der Waals surface area contributed by atoms with Crippen LogP contribution in [0.25, 0.3) is 17.1 Å². The smallest absolute Gasteiger partial charge is 0.406 e. The average molecular weight is 623 g/mol. The van der Waals surface area contributed by atoms with E-state index in [1.807, 2.05) is 24.3 Å². The first-order valence-electron chi connectivity index (χ1n) is 14.2. The monoisotopic (exact) mass is 622 g/mol. The zero-order valence-electron chi connectivity index (χ0n) is 24.9. The Morgan fingerprint density at radius 1 is 1.07 bits per heavy atom. The van der Waals surface area contributed by atoms with Crippen molar-refractivity contribution in [3.05, 3.63) is 89.2 Å². The predicted molar refractivity (Wildman–Crippen MR) is 168 cm³/mol. The maximum absolute atomic E-state index is 12.7. The van der Waals surface area contributed by atoms with Crippen molar-refractivity contribution in [3.63, 3.8) is 0 Å². The number of ether oxygens (including phenoxy) is 1. The van der Waals surface area contributed by atoms with Gasteiger partial charge in [-0.15, -0.1) is 18.3 Å². The Hall–Kier alpha value is -4.32. The number of benzene rings is 3. The first-order valence-corrected chi connectivity index (χ1v) is 15.2. The molecule has 12 heteroatoms. The summed E-state index contributed by atoms with van der Waals surface area (Å²) in [5.41, 5.74) is 7.15. The number of rotatable bonds is 8. The molecule has 230 valence electrons. The van der Waals surface area contributed by atoms with Crippen LogP contribution in [0.1, 0.15) is 29.2 Å². The van der Waals surface area contributed by atoms with E-state index in [1.54, 1.807) is 11.8 Å². The average Bonchev–Trinajstić information content (AvgIpc) is 3.62. The highest BCUT2D eigenvalue weighted by atomic mass is 32.2. The number of carbonyl (C=O) groups excluding carboxylic acids is 1. The summed E-state index contributed by atoms with van der Waals surface area (Å²) < 4.78 is 42.6. The number of aromatic nitrogens is 3. The minimum absolute atomic E-state index is 0.181. The standard InChI is InChI=1S/C32H33F3N6O2S/c1-20-15-22(3)28(23(4)16-20)40-13-14-44-31(40)38-30(42)36-18-21(2)17-24-5-7-25(8-6-24)29-37-19-41(39-29)26-9-11-27(12-10-26)43-32(33,34)35/h5-12,15-16,19,21H,13-14,17-18H2,1-4H3,(H,36,42)/b38-31-. The summed E-state index contributed by atoms with van der Waals surface area (Å²) in [6.45, 7) is 9.65. The number of amides is 2. The molecule has 1 atom stereocenters. The molecule has 0 saturated carbocycles. The molecule has 1 aliphatic heterocycles. The number of aryl methyl sites for hydroxylation is 3. The number of alkyl halides is 3. The summed E-state index contributed by atoms with van der Waals surface area (Å²) in [5.74, 6) is 1.25. The van der Waals surface area contributed by atoms with Crippen LogP contribution >= 0.6 is 11.8 Å². The number of amidine groups is 1. The fraction of sp³-hybridized carbons (Fsp3) is 0.312. The van der Waals surface area contributed by atoms with Crippen molar-refractivity contribution in [3.8, 4) is 22.8 Å². The summed E-state index contributed by atoms with van der Waals surface area (Å²) in [5, 5.41) is 8.14. The van der Waals surface area contributed by atoms with Crippen LogP contribution in [0.3, 0.4) is 0 Å². The zero-order chi connectivity index (χ0) is 31.4. The third-order valence-electron chi connectivity index (χ3n) is 7.10. The van der Waals surface area contributed by atoms with Gasteiger partial charge in [-0.3, -0.25) is 0 Å². The van der Waals surface area contributed by atoms with Gasteiger partial charge in [-0.25, -0.2) is 14.5 Å². The lowest BCUT2D eigenvalue weighted by Crippen LogP contribution is -2.30. The number of hydrogen-bond acceptors (Lipinski definition) is 5. The topological polar surface area (TPSA) is 84.6 Å². The van der Waals surface area contributed by atoms with Gasteiger partial charge in [0.15, 0.2) is 11.0 Å². The molecule has 1 aromatic heterocycles. The van der Waals surface area contributed by atoms with Crippen molar-refractivity contribution in [2.75, 3.05) is 23.7 Å². The van der Waals surface area contributed by atoms with Crippen molar-refractivity contribution >= 4 is 28.6 Å². The van der Waals surface area contributed by atoms with Crippen LogP contribution in [-0.2, 0) is 6.42 Å². The van der Waals surface area contributed by atoms with E-state index < -0.39 is 6.36 Å². The number of halogens is 3. The SMILES string of the molecule is Cc1cc(C)c(N2CCS/C2=N\C(=O)NCC(C)Cc2ccc(-c3ncn(-c4ccc(OC(F)(F)F)cc4)n3)cc2)c(C)c1. The molecular formula is C32H33F3N6O2S. The number of aliphatic imine (C=N–C) groups is 1. The van der Waals surface area contributed by atoms with E-state index in [9.17, 15) is 18.0 Å². The van der Waals surface area contributed by atoms with Gasteiger partial charge in [-0.2, -0.15) is 4.99 Å². The van der Waals surface area contributed by atoms with Crippen LogP contribution in [0.2, 0.25) is 0 Å². The number of nitrogens with zero attached hydrogens (tertiary/aromatic N) is 5. The van der Waals surface area contributed by atoms with E-state index in [2.05, 4.69) is 69.9 Å². The lowest BCUT2D eigenvalue weighted by Gasteiger charge is -2.23. The molecule has 0 radical (unpaired) electrons. The quantitative estimate of drug-likeness (QED) is 0.223. The first kappa shape index (κ1) is 31.1. The molecule has 1 fully saturated rings. The van der Waals surface area contributed by atoms with E-state index in [-0.39, 0.29) is 17.7 Å². The van der Waals surface area contributed by atoms with E-state index in [0.717, 1.165) is 40.7 Å². The van der Waals surface area contributed by atoms with Gasteiger partial charge in [0.2, 0.25) is 0 Å². The second-order valence-corrected chi connectivity index (χ2v) is 12.0. The summed E-state index contributed by atoms with van der Waals surface area (Å²) in [7, 11) is 0. The van der Waals surface area contributed by atoms with Crippen LogP contribution < -0.4 is 15.0 Å². The maximum Gasteiger partial charge on any atom is 0.573 e. The van der Waals surface area contributed by atoms with Gasteiger partial charge >= 0.3 is 12.4 Å². The van der Waals surface area contributed by atoms with E-state index in [1.165, 1.54) is 52.0 Å². The Balaban J connectivity index is 1.14. The molecule has 2 heterocycles. The number of hydrogen-bond donors (Lipinski definition) is 1. The third-order valence-corrected chi connectivity index (χ3v) is 8.06. The maximum atomic E-state index is 12.7. The number of nitrogens with one attached hydrogen (secondary N) is 1. The fourth-order valence-corrected chi connectivity index (χ4v) is 6.21. The Morgan fingerprint density at radius 2 is 1.75 bits per heavy atom. The zero-order valence-corrected chi connectivity index (χ0v) is 25.7. The minimum Gasteiger partial charge on any atom is -0.406 e. The second-order valence-electron chi connectivity index (χ2n) is 10.9. The predicted octanol–water partition coefficient (Wildman–Crippen LogP) is 7.26. The van der Waals surface area contributed by atoms with Gasteiger partial charge in [-0.05, 0) is 74.1 Å². The molecule has 4 aromatic rings. The highest BCUT2D eigenvalue weighted by molar-refractivity contribution is 8.14. The molecule has 5 rings (SSSR count). The Labute approximate surface area is 258 Å². The summed E-state index contributed by atoms with van der Waals surface area (Å²) in [6, 6.07) is 17.2. The molecule has 1 unspecified atom stereocenters. The number of anilines is 1. The van der Waals surface area contributed by atoms with Crippen LogP contribution in [0.4, 0.5) is 23.7 Å². The molecule has 0 bridgehead atoms. The van der Waals surface area contributed by atoms with Gasteiger partial charge in [0, 0.05) is 30.1 Å². The normalized spacial score (nSPS) is 15.1. The summed E-state index contributed by atoms with van der Waals surface area (Å²) in [4.78, 5) is 23.6. The molecule has 1 N–H and O–H groups in total. The number of urea groups is 1. The van der Waals surface area contributed by atoms with Crippen LogP contribution in [0, 0.1) is 26.7 Å². The molecule has 0 spiro atoms. The molecule has 1 aliphatic rings. The van der Waals surface area contributed by atoms with E-state index in [0.29, 0.717) is 18.1 Å². The minimum atomic E-state index is -4.74. The first-order chi connectivity index (χ1) is 20.9. The number of carbonyl (C=O) groups is 1. The largest absolute Gasteiger partial charge is 0.573 e. The van der Waals surface area contributed by atoms with Crippen molar-refractivity contribution < 1.29 is 22.7 Å². The van der Waals surface area contributed by atoms with Gasteiger partial charge < -0.3 is 15.0 Å². The van der Waals surface area contributed by atoms with Gasteiger partial charge in [0.25, 0.3) is 0 Å². The third kappa shape index (κ3) is 7.79. The summed E-state index contributed by atoms with van der Waals surface area (Å²) >= 11 is 1.59. The second kappa shape index (κ2) is 13.1. The Kier molecular flexibility index (Phi) is 9.28. The van der Waals surface area contributed by atoms with Gasteiger partial charge in [-0.1, -0.05) is 60.6 Å². The van der Waals surface area contributed by atoms with Crippen LogP contribution in [0.5, 0.6) is 5.75 Å². The Bertz CT molecular complexity index is 1630. The lowest BCUT2D eigenvalue weighted by molar-refractivity contribution is -0.274. The Morgan fingerprint density at radius 3 is 2.41 bits per heavy atom. The molecule has 3 aromatic carbocycles. The number of thioether (sulfide) groups is 1. The van der Waals surface area contributed by atoms with E-state index >= 15 is 0 Å². The molecule has 1 saturated heterocycles.